The zero-order valence-electron chi connectivity index (χ0n) is 12.9. The van der Waals surface area contributed by atoms with Crippen LogP contribution in [0.1, 0.15) is 20.7 Å². The smallest absolute Gasteiger partial charge is 0.337 e. The van der Waals surface area contributed by atoms with Crippen molar-refractivity contribution in [3.05, 3.63) is 65.7 Å². The Bertz CT molecular complexity index is 731. The SMILES string of the molecule is COC(=O)c1cccc(C(=O)NNC(=O)COc2ccccc2)c1. The molecule has 2 amide bonds. The molecule has 0 aromatic heterocycles. The summed E-state index contributed by atoms with van der Waals surface area (Å²) in [7, 11) is 1.25. The predicted octanol–water partition coefficient (Wildman–Crippen LogP) is 1.31. The third-order valence-electron chi connectivity index (χ3n) is 2.97. The molecule has 2 N–H and O–H groups in total. The molecular weight excluding hydrogens is 312 g/mol. The molecule has 0 saturated heterocycles. The van der Waals surface area contributed by atoms with Crippen molar-refractivity contribution < 1.29 is 23.9 Å². The fourth-order valence-corrected chi connectivity index (χ4v) is 1.81. The highest BCUT2D eigenvalue weighted by Crippen LogP contribution is 2.08. The van der Waals surface area contributed by atoms with Crippen LogP contribution in [0, 0.1) is 0 Å². The molecule has 0 aliphatic heterocycles. The summed E-state index contributed by atoms with van der Waals surface area (Å²) in [6.45, 7) is -0.244. The summed E-state index contributed by atoms with van der Waals surface area (Å²) >= 11 is 0. The van der Waals surface area contributed by atoms with Gasteiger partial charge in [0.1, 0.15) is 5.75 Å². The summed E-state index contributed by atoms with van der Waals surface area (Å²) in [6.07, 6.45) is 0. The molecule has 24 heavy (non-hydrogen) atoms. The second-order valence-corrected chi connectivity index (χ2v) is 4.68. The predicted molar refractivity (Wildman–Crippen MR) is 85.3 cm³/mol. The quantitative estimate of drug-likeness (QED) is 0.638. The van der Waals surface area contributed by atoms with Crippen molar-refractivity contribution in [1.82, 2.24) is 10.9 Å². The maximum absolute atomic E-state index is 12.0. The molecular formula is C17H16N2O5. The third-order valence-corrected chi connectivity index (χ3v) is 2.97. The van der Waals surface area contributed by atoms with Crippen molar-refractivity contribution in [2.75, 3.05) is 13.7 Å². The van der Waals surface area contributed by atoms with Crippen molar-refractivity contribution in [2.24, 2.45) is 0 Å². The molecule has 0 heterocycles. The van der Waals surface area contributed by atoms with Gasteiger partial charge in [0, 0.05) is 5.56 Å². The summed E-state index contributed by atoms with van der Waals surface area (Å²) in [6, 6.07) is 14.8. The Morgan fingerprint density at radius 3 is 2.33 bits per heavy atom. The van der Waals surface area contributed by atoms with Gasteiger partial charge in [-0.25, -0.2) is 4.79 Å². The Labute approximate surface area is 138 Å². The minimum Gasteiger partial charge on any atom is -0.484 e. The number of ether oxygens (including phenoxy) is 2. The molecule has 7 nitrogen and oxygen atoms in total. The number of amides is 2. The zero-order chi connectivity index (χ0) is 17.4. The summed E-state index contributed by atoms with van der Waals surface area (Å²) in [5.41, 5.74) is 4.93. The number of hydrogen-bond acceptors (Lipinski definition) is 5. The molecule has 2 aromatic carbocycles. The first-order chi connectivity index (χ1) is 11.6. The summed E-state index contributed by atoms with van der Waals surface area (Å²) in [4.78, 5) is 35.1. The Morgan fingerprint density at radius 2 is 1.62 bits per heavy atom. The molecule has 7 heteroatoms. The van der Waals surface area contributed by atoms with Gasteiger partial charge in [-0.2, -0.15) is 0 Å². The number of hydrazine groups is 1. The third kappa shape index (κ3) is 4.84. The van der Waals surface area contributed by atoms with Gasteiger partial charge < -0.3 is 9.47 Å². The van der Waals surface area contributed by atoms with Crippen LogP contribution in [0.2, 0.25) is 0 Å². The van der Waals surface area contributed by atoms with Crippen LogP contribution in [0.3, 0.4) is 0 Å². The van der Waals surface area contributed by atoms with Crippen LogP contribution < -0.4 is 15.6 Å². The number of carbonyl (C=O) groups is 3. The van der Waals surface area contributed by atoms with Gasteiger partial charge in [-0.3, -0.25) is 20.4 Å². The molecule has 0 spiro atoms. The zero-order valence-corrected chi connectivity index (χ0v) is 12.9. The Hall–Kier alpha value is -3.35. The summed E-state index contributed by atoms with van der Waals surface area (Å²) < 4.78 is 9.83. The fraction of sp³-hybridized carbons (Fsp3) is 0.118. The molecule has 0 radical (unpaired) electrons. The number of carbonyl (C=O) groups excluding carboxylic acids is 3. The van der Waals surface area contributed by atoms with E-state index >= 15 is 0 Å². The fourth-order valence-electron chi connectivity index (χ4n) is 1.81. The second kappa shape index (κ2) is 8.33. The van der Waals surface area contributed by atoms with Crippen molar-refractivity contribution in [2.45, 2.75) is 0 Å². The van der Waals surface area contributed by atoms with Crippen molar-refractivity contribution in [3.63, 3.8) is 0 Å². The molecule has 0 unspecified atom stereocenters. The Kier molecular flexibility index (Phi) is 5.90. The molecule has 0 fully saturated rings. The van der Waals surface area contributed by atoms with Crippen molar-refractivity contribution in [1.29, 1.82) is 0 Å². The first-order valence-corrected chi connectivity index (χ1v) is 7.05. The lowest BCUT2D eigenvalue weighted by atomic mass is 10.1. The van der Waals surface area contributed by atoms with Gasteiger partial charge in [-0.15, -0.1) is 0 Å². The highest BCUT2D eigenvalue weighted by atomic mass is 16.5. The molecule has 0 bridgehead atoms. The highest BCUT2D eigenvalue weighted by Gasteiger charge is 2.11. The number of para-hydroxylation sites is 1. The number of nitrogens with one attached hydrogen (secondary N) is 2. The van der Waals surface area contributed by atoms with Crippen LogP contribution in [0.25, 0.3) is 0 Å². The van der Waals surface area contributed by atoms with Crippen molar-refractivity contribution >= 4 is 17.8 Å². The van der Waals surface area contributed by atoms with Crippen LogP contribution in [-0.4, -0.2) is 31.5 Å². The van der Waals surface area contributed by atoms with Crippen LogP contribution in [-0.2, 0) is 9.53 Å². The molecule has 2 rings (SSSR count). The van der Waals surface area contributed by atoms with E-state index in [1.807, 2.05) is 6.07 Å². The van der Waals surface area contributed by atoms with Gasteiger partial charge in [0.25, 0.3) is 11.8 Å². The van der Waals surface area contributed by atoms with Crippen LogP contribution >= 0.6 is 0 Å². The van der Waals surface area contributed by atoms with Gasteiger partial charge >= 0.3 is 5.97 Å². The molecule has 124 valence electrons. The minimum atomic E-state index is -0.561. The van der Waals surface area contributed by atoms with E-state index in [-0.39, 0.29) is 17.7 Å². The monoisotopic (exact) mass is 328 g/mol. The van der Waals surface area contributed by atoms with E-state index in [1.165, 1.54) is 25.3 Å². The van der Waals surface area contributed by atoms with Crippen molar-refractivity contribution in [3.8, 4) is 5.75 Å². The normalized spacial score (nSPS) is 9.71. The van der Waals surface area contributed by atoms with E-state index in [2.05, 4.69) is 15.6 Å². The lowest BCUT2D eigenvalue weighted by molar-refractivity contribution is -0.123. The molecule has 2 aromatic rings. The minimum absolute atomic E-state index is 0.210. The van der Waals surface area contributed by atoms with Gasteiger partial charge in [0.2, 0.25) is 0 Å². The maximum atomic E-state index is 12.0. The van der Waals surface area contributed by atoms with Crippen LogP contribution in [0.5, 0.6) is 5.75 Å². The number of benzene rings is 2. The van der Waals surface area contributed by atoms with E-state index in [0.29, 0.717) is 5.75 Å². The second-order valence-electron chi connectivity index (χ2n) is 4.68. The first kappa shape index (κ1) is 17.0. The first-order valence-electron chi connectivity index (χ1n) is 7.05. The summed E-state index contributed by atoms with van der Waals surface area (Å²) in [5, 5.41) is 0. The van der Waals surface area contributed by atoms with Gasteiger partial charge in [0.05, 0.1) is 12.7 Å². The molecule has 0 saturated carbocycles. The van der Waals surface area contributed by atoms with Gasteiger partial charge in [-0.1, -0.05) is 24.3 Å². The molecule has 0 aliphatic carbocycles. The van der Waals surface area contributed by atoms with E-state index in [1.54, 1.807) is 30.3 Å². The largest absolute Gasteiger partial charge is 0.484 e. The average Bonchev–Trinajstić information content (AvgIpc) is 2.64. The number of hydrogen-bond donors (Lipinski definition) is 2. The Morgan fingerprint density at radius 1 is 0.917 bits per heavy atom. The highest BCUT2D eigenvalue weighted by molar-refractivity contribution is 5.98. The topological polar surface area (TPSA) is 93.7 Å². The number of methoxy groups -OCH3 is 1. The average molecular weight is 328 g/mol. The van der Waals surface area contributed by atoms with E-state index in [4.69, 9.17) is 4.74 Å². The molecule has 0 aliphatic rings. The Balaban J connectivity index is 1.84. The van der Waals surface area contributed by atoms with Crippen LogP contribution in [0.4, 0.5) is 0 Å². The van der Waals surface area contributed by atoms with E-state index in [9.17, 15) is 14.4 Å². The van der Waals surface area contributed by atoms with E-state index in [0.717, 1.165) is 0 Å². The van der Waals surface area contributed by atoms with Gasteiger partial charge in [0.15, 0.2) is 6.61 Å². The number of esters is 1. The standard InChI is InChI=1S/C17H16N2O5/c1-23-17(22)13-7-5-6-12(10-13)16(21)19-18-15(20)11-24-14-8-3-2-4-9-14/h2-10H,11H2,1H3,(H,18,20)(H,19,21). The lowest BCUT2D eigenvalue weighted by Crippen LogP contribution is -2.43. The lowest BCUT2D eigenvalue weighted by Gasteiger charge is -2.09. The maximum Gasteiger partial charge on any atom is 0.337 e. The van der Waals surface area contributed by atoms with Crippen LogP contribution in [0.15, 0.2) is 54.6 Å². The molecule has 0 atom stereocenters. The summed E-state index contributed by atoms with van der Waals surface area (Å²) in [5.74, 6) is -1.08. The van der Waals surface area contributed by atoms with E-state index < -0.39 is 17.8 Å². The number of rotatable bonds is 5. The van der Waals surface area contributed by atoms with Gasteiger partial charge in [-0.05, 0) is 30.3 Å².